The van der Waals surface area contributed by atoms with Crippen molar-refractivity contribution < 1.29 is 0 Å². The van der Waals surface area contributed by atoms with E-state index in [0.29, 0.717) is 0 Å². The number of nitrogens with zero attached hydrogens (tertiary/aromatic N) is 1. The number of likely N-dealkylation sites (tertiary alicyclic amines) is 1. The third-order valence-corrected chi connectivity index (χ3v) is 2.21. The largest absolute Gasteiger partial charge is 0.378 e. The fraction of sp³-hybridized carbons (Fsp3) is 0.714. The van der Waals surface area contributed by atoms with E-state index in [0.717, 1.165) is 5.92 Å². The van der Waals surface area contributed by atoms with Gasteiger partial charge in [0.15, 0.2) is 0 Å². The third-order valence-electron chi connectivity index (χ3n) is 2.21. The topological polar surface area (TPSA) is 3.24 Å². The Morgan fingerprint density at radius 1 is 1.75 bits per heavy atom. The second-order valence-electron chi connectivity index (χ2n) is 2.88. The van der Waals surface area contributed by atoms with E-state index in [-0.39, 0.29) is 0 Å². The van der Waals surface area contributed by atoms with E-state index in [1.54, 1.807) is 5.70 Å². The van der Waals surface area contributed by atoms with Crippen molar-refractivity contribution in [1.82, 2.24) is 4.90 Å². The normalized spacial score (nSPS) is 33.9. The summed E-state index contributed by atoms with van der Waals surface area (Å²) >= 11 is 0. The minimum Gasteiger partial charge on any atom is -0.378 e. The van der Waals surface area contributed by atoms with Crippen LogP contribution < -0.4 is 0 Å². The summed E-state index contributed by atoms with van der Waals surface area (Å²) in [6.45, 7) is 1.31. The molecule has 1 heteroatoms. The first-order valence-electron chi connectivity index (χ1n) is 3.26. The first-order chi connectivity index (χ1) is 3.86. The maximum atomic E-state index is 2.37. The molecule has 0 saturated carbocycles. The van der Waals surface area contributed by atoms with E-state index in [1.165, 1.54) is 19.4 Å². The van der Waals surface area contributed by atoms with Crippen molar-refractivity contribution in [3.63, 3.8) is 0 Å². The number of hydrogen-bond acceptors (Lipinski definition) is 1. The molecule has 2 bridgehead atoms. The Kier molecular flexibility index (Phi) is 0.706. The molecule has 8 heavy (non-hydrogen) atoms. The summed E-state index contributed by atoms with van der Waals surface area (Å²) in [7, 11) is 2.19. The molecule has 1 fully saturated rings. The Labute approximate surface area is 50.0 Å². The lowest BCUT2D eigenvalue weighted by atomic mass is 10.1. The van der Waals surface area contributed by atoms with Gasteiger partial charge < -0.3 is 4.90 Å². The molecule has 0 aromatic rings. The Morgan fingerprint density at radius 2 is 2.62 bits per heavy atom. The number of fused-ring (bicyclic) bond motifs is 2. The monoisotopic (exact) mass is 109 g/mol. The van der Waals surface area contributed by atoms with Gasteiger partial charge in [-0.05, 0) is 18.8 Å². The fourth-order valence-corrected chi connectivity index (χ4v) is 1.72. The van der Waals surface area contributed by atoms with E-state index in [9.17, 15) is 0 Å². The van der Waals surface area contributed by atoms with Crippen molar-refractivity contribution in [3.8, 4) is 0 Å². The first-order valence-corrected chi connectivity index (χ1v) is 3.26. The van der Waals surface area contributed by atoms with Gasteiger partial charge in [0.1, 0.15) is 0 Å². The van der Waals surface area contributed by atoms with Crippen LogP contribution >= 0.6 is 0 Å². The van der Waals surface area contributed by atoms with Gasteiger partial charge >= 0.3 is 0 Å². The van der Waals surface area contributed by atoms with Gasteiger partial charge in [0.25, 0.3) is 0 Å². The standard InChI is InChI=1S/C7H11N/c1-8-5-6-2-3-7(8)4-6/h3,6H,2,4-5H2,1H3. The molecule has 1 saturated heterocycles. The highest BCUT2D eigenvalue weighted by Gasteiger charge is 2.27. The van der Waals surface area contributed by atoms with Crippen molar-refractivity contribution in [1.29, 1.82) is 0 Å². The van der Waals surface area contributed by atoms with Crippen LogP contribution in [0.4, 0.5) is 0 Å². The van der Waals surface area contributed by atoms with Crippen molar-refractivity contribution in [3.05, 3.63) is 11.8 Å². The van der Waals surface area contributed by atoms with Crippen molar-refractivity contribution in [2.75, 3.05) is 13.6 Å². The van der Waals surface area contributed by atoms with Crippen LogP contribution in [-0.2, 0) is 0 Å². The van der Waals surface area contributed by atoms with Crippen LogP contribution in [0.25, 0.3) is 0 Å². The van der Waals surface area contributed by atoms with Crippen molar-refractivity contribution in [2.24, 2.45) is 5.92 Å². The Hall–Kier alpha value is -0.460. The highest BCUT2D eigenvalue weighted by atomic mass is 15.1. The molecule has 1 aliphatic heterocycles. The average molecular weight is 109 g/mol. The first kappa shape index (κ1) is 4.42. The molecule has 0 radical (unpaired) electrons. The molecule has 1 heterocycles. The fourth-order valence-electron chi connectivity index (χ4n) is 1.72. The quantitative estimate of drug-likeness (QED) is 0.452. The molecule has 0 aromatic heterocycles. The molecule has 0 aromatic carbocycles. The molecular weight excluding hydrogens is 98.1 g/mol. The van der Waals surface area contributed by atoms with Crippen LogP contribution in [0.5, 0.6) is 0 Å². The van der Waals surface area contributed by atoms with Gasteiger partial charge in [-0.1, -0.05) is 6.08 Å². The number of rotatable bonds is 0. The molecular formula is C7H11N. The molecule has 0 amide bonds. The van der Waals surface area contributed by atoms with E-state index in [4.69, 9.17) is 0 Å². The Morgan fingerprint density at radius 3 is 2.88 bits per heavy atom. The molecule has 1 aliphatic carbocycles. The zero-order chi connectivity index (χ0) is 5.56. The molecule has 2 aliphatic rings. The van der Waals surface area contributed by atoms with Gasteiger partial charge in [-0.3, -0.25) is 0 Å². The summed E-state index contributed by atoms with van der Waals surface area (Å²) in [5.41, 5.74) is 1.58. The minimum atomic E-state index is 0.981. The smallest absolute Gasteiger partial charge is 0.0206 e. The number of hydrogen-bond donors (Lipinski definition) is 0. The zero-order valence-corrected chi connectivity index (χ0v) is 5.22. The average Bonchev–Trinajstić information content (AvgIpc) is 2.23. The molecule has 1 nitrogen and oxygen atoms in total. The predicted molar refractivity (Wildman–Crippen MR) is 33.4 cm³/mol. The van der Waals surface area contributed by atoms with Gasteiger partial charge in [0, 0.05) is 19.3 Å². The maximum Gasteiger partial charge on any atom is 0.0206 e. The van der Waals surface area contributed by atoms with Gasteiger partial charge in [0.2, 0.25) is 0 Å². The summed E-state index contributed by atoms with van der Waals surface area (Å²) in [5, 5.41) is 0. The molecule has 0 spiro atoms. The van der Waals surface area contributed by atoms with Crippen LogP contribution in [0.2, 0.25) is 0 Å². The van der Waals surface area contributed by atoms with E-state index in [1.807, 2.05) is 0 Å². The van der Waals surface area contributed by atoms with E-state index >= 15 is 0 Å². The maximum absolute atomic E-state index is 2.37. The van der Waals surface area contributed by atoms with Crippen LogP contribution in [0.3, 0.4) is 0 Å². The lowest BCUT2D eigenvalue weighted by Gasteiger charge is -2.15. The number of allylic oxidation sites excluding steroid dienone is 2. The second kappa shape index (κ2) is 1.28. The van der Waals surface area contributed by atoms with Gasteiger partial charge in [0.05, 0.1) is 0 Å². The second-order valence-corrected chi connectivity index (χ2v) is 2.88. The highest BCUT2D eigenvalue weighted by Crippen LogP contribution is 2.34. The summed E-state index contributed by atoms with van der Waals surface area (Å²) in [6, 6.07) is 0. The van der Waals surface area contributed by atoms with Crippen molar-refractivity contribution in [2.45, 2.75) is 12.8 Å². The molecule has 1 atom stereocenters. The van der Waals surface area contributed by atoms with Crippen LogP contribution in [-0.4, -0.2) is 18.5 Å². The SMILES string of the molecule is CN1CC2CC=C1C2. The van der Waals surface area contributed by atoms with Gasteiger partial charge in [-0.15, -0.1) is 0 Å². The van der Waals surface area contributed by atoms with Crippen LogP contribution in [0, 0.1) is 5.92 Å². The van der Waals surface area contributed by atoms with Gasteiger partial charge in [-0.25, -0.2) is 0 Å². The molecule has 1 unspecified atom stereocenters. The minimum absolute atomic E-state index is 0.981. The summed E-state index contributed by atoms with van der Waals surface area (Å²) < 4.78 is 0. The highest BCUT2D eigenvalue weighted by molar-refractivity contribution is 5.14. The van der Waals surface area contributed by atoms with Crippen LogP contribution in [0.15, 0.2) is 11.8 Å². The van der Waals surface area contributed by atoms with E-state index in [2.05, 4.69) is 18.0 Å². The van der Waals surface area contributed by atoms with Crippen molar-refractivity contribution >= 4 is 0 Å². The van der Waals surface area contributed by atoms with E-state index < -0.39 is 0 Å². The predicted octanol–water partition coefficient (Wildman–Crippen LogP) is 1.23. The lowest BCUT2D eigenvalue weighted by Crippen LogP contribution is -2.15. The van der Waals surface area contributed by atoms with Gasteiger partial charge in [-0.2, -0.15) is 0 Å². The summed E-state index contributed by atoms with van der Waals surface area (Å²) in [4.78, 5) is 2.37. The molecule has 2 rings (SSSR count). The molecule has 44 valence electrons. The Balaban J connectivity index is 2.28. The summed E-state index contributed by atoms with van der Waals surface area (Å²) in [5.74, 6) is 0.981. The molecule has 0 N–H and O–H groups in total. The van der Waals surface area contributed by atoms with Crippen LogP contribution in [0.1, 0.15) is 12.8 Å². The zero-order valence-electron chi connectivity index (χ0n) is 5.22. The Bertz CT molecular complexity index is 137. The summed E-state index contributed by atoms with van der Waals surface area (Å²) in [6.07, 6.45) is 5.07. The third kappa shape index (κ3) is 0.417. The lowest BCUT2D eigenvalue weighted by molar-refractivity contribution is 0.413.